The second-order valence-corrected chi connectivity index (χ2v) is 7.21. The molecule has 1 atom stereocenters. The summed E-state index contributed by atoms with van der Waals surface area (Å²) in [5.74, 6) is -0.491. The number of rotatable bonds is 6. The van der Waals surface area contributed by atoms with E-state index in [4.69, 9.17) is 14.2 Å². The van der Waals surface area contributed by atoms with Gasteiger partial charge in [0.15, 0.2) is 11.5 Å². The van der Waals surface area contributed by atoms with Crippen LogP contribution in [0.1, 0.15) is 22.8 Å². The van der Waals surface area contributed by atoms with Crippen LogP contribution in [-0.2, 0) is 15.1 Å². The maximum Gasteiger partial charge on any atom is 0.344 e. The molecule has 166 valence electrons. The van der Waals surface area contributed by atoms with Gasteiger partial charge in [-0.1, -0.05) is 12.1 Å². The van der Waals surface area contributed by atoms with Crippen LogP contribution in [0, 0.1) is 0 Å². The van der Waals surface area contributed by atoms with E-state index in [9.17, 15) is 19.2 Å². The van der Waals surface area contributed by atoms with Gasteiger partial charge in [-0.2, -0.15) is 5.01 Å². The number of ether oxygens (including phenoxy) is 3. The molecule has 11 nitrogen and oxygen atoms in total. The Balaban J connectivity index is 1.38. The minimum atomic E-state index is -1.39. The number of imide groups is 1. The molecule has 1 saturated heterocycles. The van der Waals surface area contributed by atoms with Gasteiger partial charge in [0, 0.05) is 5.56 Å². The Hall–Kier alpha value is -4.28. The maximum absolute atomic E-state index is 12.9. The van der Waals surface area contributed by atoms with Crippen molar-refractivity contribution in [3.8, 4) is 17.2 Å². The fourth-order valence-electron chi connectivity index (χ4n) is 3.33. The zero-order valence-electron chi connectivity index (χ0n) is 17.3. The molecule has 11 heteroatoms. The first-order valence-electron chi connectivity index (χ1n) is 9.60. The Morgan fingerprint density at radius 1 is 1.16 bits per heavy atom. The number of amides is 5. The van der Waals surface area contributed by atoms with Gasteiger partial charge in [-0.25, -0.2) is 4.79 Å². The van der Waals surface area contributed by atoms with Crippen molar-refractivity contribution in [3.05, 3.63) is 53.6 Å². The second-order valence-electron chi connectivity index (χ2n) is 7.21. The fourth-order valence-corrected chi connectivity index (χ4v) is 3.33. The smallest absolute Gasteiger partial charge is 0.344 e. The summed E-state index contributed by atoms with van der Waals surface area (Å²) in [6.45, 7) is 1.14. The van der Waals surface area contributed by atoms with Gasteiger partial charge in [0.2, 0.25) is 6.79 Å². The summed E-state index contributed by atoms with van der Waals surface area (Å²) in [6, 6.07) is 10.5. The minimum absolute atomic E-state index is 0.0728. The van der Waals surface area contributed by atoms with Crippen molar-refractivity contribution in [1.29, 1.82) is 0 Å². The first kappa shape index (κ1) is 21.0. The normalized spacial score (nSPS) is 18.9. The van der Waals surface area contributed by atoms with E-state index >= 15 is 0 Å². The summed E-state index contributed by atoms with van der Waals surface area (Å²) in [7, 11) is 1.49. The number of urea groups is 1. The number of hydrogen-bond donors (Lipinski definition) is 3. The van der Waals surface area contributed by atoms with Gasteiger partial charge in [0.1, 0.15) is 11.3 Å². The third kappa shape index (κ3) is 3.75. The highest BCUT2D eigenvalue weighted by Gasteiger charge is 2.50. The number of hydrazine groups is 1. The molecule has 4 rings (SSSR count). The lowest BCUT2D eigenvalue weighted by Gasteiger charge is -2.22. The SMILES string of the molecule is COc1cccc(C2(C)NC(=O)N(NC(=O)CNC(=O)c3ccc4c(c3)OCO4)C2=O)c1. The molecule has 0 radical (unpaired) electrons. The van der Waals surface area contributed by atoms with Crippen molar-refractivity contribution in [2.24, 2.45) is 0 Å². The van der Waals surface area contributed by atoms with Crippen LogP contribution in [0.4, 0.5) is 4.79 Å². The van der Waals surface area contributed by atoms with E-state index in [1.165, 1.54) is 26.2 Å². The molecule has 0 saturated carbocycles. The molecule has 2 aromatic rings. The zero-order chi connectivity index (χ0) is 22.9. The molecule has 2 aromatic carbocycles. The van der Waals surface area contributed by atoms with E-state index < -0.39 is 35.8 Å². The van der Waals surface area contributed by atoms with Crippen LogP contribution in [0.3, 0.4) is 0 Å². The molecule has 32 heavy (non-hydrogen) atoms. The predicted octanol–water partition coefficient (Wildman–Crippen LogP) is 0.652. The van der Waals surface area contributed by atoms with Gasteiger partial charge < -0.3 is 24.8 Å². The quantitative estimate of drug-likeness (QED) is 0.562. The lowest BCUT2D eigenvalue weighted by molar-refractivity contribution is -0.138. The molecule has 1 fully saturated rings. The third-order valence-electron chi connectivity index (χ3n) is 5.12. The molecule has 0 aliphatic carbocycles. The zero-order valence-corrected chi connectivity index (χ0v) is 17.3. The minimum Gasteiger partial charge on any atom is -0.497 e. The summed E-state index contributed by atoms with van der Waals surface area (Å²) < 4.78 is 15.6. The Morgan fingerprint density at radius 3 is 2.72 bits per heavy atom. The predicted molar refractivity (Wildman–Crippen MR) is 109 cm³/mol. The van der Waals surface area contributed by atoms with Gasteiger partial charge in [-0.05, 0) is 42.8 Å². The lowest BCUT2D eigenvalue weighted by atomic mass is 9.92. The summed E-state index contributed by atoms with van der Waals surface area (Å²) in [6.07, 6.45) is 0. The average molecular weight is 440 g/mol. The number of hydrogen-bond acceptors (Lipinski definition) is 7. The van der Waals surface area contributed by atoms with Gasteiger partial charge >= 0.3 is 6.03 Å². The van der Waals surface area contributed by atoms with Gasteiger partial charge in [-0.15, -0.1) is 0 Å². The molecular formula is C21H20N4O7. The molecule has 2 aliphatic heterocycles. The van der Waals surface area contributed by atoms with E-state index in [-0.39, 0.29) is 12.4 Å². The largest absolute Gasteiger partial charge is 0.497 e. The summed E-state index contributed by atoms with van der Waals surface area (Å²) in [5, 5.41) is 5.59. The Morgan fingerprint density at radius 2 is 1.94 bits per heavy atom. The van der Waals surface area contributed by atoms with Crippen LogP contribution in [0.2, 0.25) is 0 Å². The van der Waals surface area contributed by atoms with E-state index in [1.54, 1.807) is 30.3 Å². The highest BCUT2D eigenvalue weighted by molar-refractivity contribution is 6.08. The molecule has 3 N–H and O–H groups in total. The molecule has 2 heterocycles. The van der Waals surface area contributed by atoms with Crippen molar-refractivity contribution in [1.82, 2.24) is 21.1 Å². The van der Waals surface area contributed by atoms with E-state index in [2.05, 4.69) is 16.1 Å². The van der Waals surface area contributed by atoms with Crippen LogP contribution < -0.4 is 30.3 Å². The Labute approximate surface area is 182 Å². The van der Waals surface area contributed by atoms with E-state index in [0.29, 0.717) is 27.8 Å². The van der Waals surface area contributed by atoms with Crippen LogP contribution in [-0.4, -0.2) is 49.2 Å². The van der Waals surface area contributed by atoms with Crippen molar-refractivity contribution < 1.29 is 33.4 Å². The van der Waals surface area contributed by atoms with Crippen molar-refractivity contribution in [2.75, 3.05) is 20.4 Å². The van der Waals surface area contributed by atoms with Gasteiger partial charge in [0.05, 0.1) is 13.7 Å². The van der Waals surface area contributed by atoms with Crippen molar-refractivity contribution in [3.63, 3.8) is 0 Å². The summed E-state index contributed by atoms with van der Waals surface area (Å²) in [5.41, 5.74) is 1.58. The first-order chi connectivity index (χ1) is 15.3. The number of fused-ring (bicyclic) bond motifs is 1. The highest BCUT2D eigenvalue weighted by atomic mass is 16.7. The van der Waals surface area contributed by atoms with Gasteiger partial charge in [0.25, 0.3) is 17.7 Å². The molecule has 2 aliphatic rings. The molecule has 1 unspecified atom stereocenters. The fraction of sp³-hybridized carbons (Fsp3) is 0.238. The van der Waals surface area contributed by atoms with Crippen LogP contribution in [0.15, 0.2) is 42.5 Å². The standard InChI is InChI=1S/C21H20N4O7/c1-21(13-4-3-5-14(9-13)30-2)19(28)25(20(29)23-21)24-17(26)10-22-18(27)12-6-7-15-16(8-12)32-11-31-15/h3-9H,10-11H2,1-2H3,(H,22,27)(H,23,29)(H,24,26). The van der Waals surface area contributed by atoms with Gasteiger partial charge in [-0.3, -0.25) is 19.8 Å². The molecule has 0 aromatic heterocycles. The topological polar surface area (TPSA) is 135 Å². The molecule has 0 spiro atoms. The van der Waals surface area contributed by atoms with Crippen LogP contribution in [0.5, 0.6) is 17.2 Å². The summed E-state index contributed by atoms with van der Waals surface area (Å²) in [4.78, 5) is 49.9. The maximum atomic E-state index is 12.9. The number of carbonyl (C=O) groups excluding carboxylic acids is 4. The number of benzene rings is 2. The Bertz CT molecular complexity index is 1120. The molecule has 5 amide bonds. The lowest BCUT2D eigenvalue weighted by Crippen LogP contribution is -2.50. The van der Waals surface area contributed by atoms with Crippen molar-refractivity contribution >= 4 is 23.8 Å². The molecular weight excluding hydrogens is 420 g/mol. The number of nitrogens with one attached hydrogen (secondary N) is 3. The number of nitrogens with zero attached hydrogens (tertiary/aromatic N) is 1. The Kier molecular flexibility index (Phi) is 5.31. The second kappa shape index (κ2) is 8.10. The number of methoxy groups -OCH3 is 1. The average Bonchev–Trinajstić information content (AvgIpc) is 3.35. The van der Waals surface area contributed by atoms with Crippen molar-refractivity contribution in [2.45, 2.75) is 12.5 Å². The number of carbonyl (C=O) groups is 4. The van der Waals surface area contributed by atoms with E-state index in [1.807, 2.05) is 0 Å². The third-order valence-corrected chi connectivity index (χ3v) is 5.12. The highest BCUT2D eigenvalue weighted by Crippen LogP contribution is 2.32. The van der Waals surface area contributed by atoms with Crippen LogP contribution >= 0.6 is 0 Å². The summed E-state index contributed by atoms with van der Waals surface area (Å²) >= 11 is 0. The molecule has 0 bridgehead atoms. The first-order valence-corrected chi connectivity index (χ1v) is 9.60. The monoisotopic (exact) mass is 440 g/mol. The van der Waals surface area contributed by atoms with Crippen LogP contribution in [0.25, 0.3) is 0 Å². The van der Waals surface area contributed by atoms with E-state index in [0.717, 1.165) is 0 Å².